The molecule has 4 atom stereocenters. The molecule has 1 aromatic carbocycles. The smallest absolute Gasteiger partial charge is 0.245 e. The molecule has 4 unspecified atom stereocenters. The number of piperazine rings is 1. The number of hydrogen-bond acceptors (Lipinski definition) is 12. The summed E-state index contributed by atoms with van der Waals surface area (Å²) in [7, 11) is 2.83. The van der Waals surface area contributed by atoms with Gasteiger partial charge < -0.3 is 34.6 Å². The fourth-order valence-corrected chi connectivity index (χ4v) is 9.62. The number of aliphatic hydroxyl groups is 1. The Labute approximate surface area is 343 Å². The molecule has 10 heterocycles. The number of nitrogens with zero attached hydrogens (tertiary/aromatic N) is 12. The molecule has 2 amide bonds. The van der Waals surface area contributed by atoms with Crippen LogP contribution in [0.1, 0.15) is 44.3 Å². The van der Waals surface area contributed by atoms with E-state index >= 15 is 4.39 Å². The number of aromatic nitrogens is 8. The highest BCUT2D eigenvalue weighted by atomic mass is 19.1. The molecule has 310 valence electrons. The molecule has 1 saturated carbocycles. The van der Waals surface area contributed by atoms with Gasteiger partial charge >= 0.3 is 0 Å². The Balaban J connectivity index is 0.00000213. The van der Waals surface area contributed by atoms with Crippen molar-refractivity contribution in [2.24, 2.45) is 0 Å². The van der Waals surface area contributed by atoms with Gasteiger partial charge in [-0.15, -0.1) is 0 Å². The molecular formula is C42H45F2N13O3. The Hall–Kier alpha value is -6.30. The third-order valence-electron chi connectivity index (χ3n) is 12.8. The number of carbonyl (C=O) groups is 2. The highest BCUT2D eigenvalue weighted by Gasteiger charge is 2.54. The van der Waals surface area contributed by atoms with Crippen LogP contribution in [0.25, 0.3) is 39.1 Å². The van der Waals surface area contributed by atoms with Crippen molar-refractivity contribution in [2.75, 3.05) is 48.9 Å². The van der Waals surface area contributed by atoms with Crippen LogP contribution in [0.3, 0.4) is 0 Å². The number of pyridine rings is 2. The number of nitrogens with one attached hydrogen (secondary N) is 1. The fraction of sp³-hybridized carbons (Fsp3) is 0.429. The first-order valence-corrected chi connectivity index (χ1v) is 20.5. The number of anilines is 3. The summed E-state index contributed by atoms with van der Waals surface area (Å²) >= 11 is 0. The molecule has 16 nitrogen and oxygen atoms in total. The Kier molecular flexibility index (Phi) is 9.33. The maximum atomic E-state index is 15.4. The first-order chi connectivity index (χ1) is 29.2. The normalized spacial score (nSPS) is 22.8. The van der Waals surface area contributed by atoms with Crippen LogP contribution in [0.4, 0.5) is 26.4 Å². The first kappa shape index (κ1) is 37.9. The lowest BCUT2D eigenvalue weighted by Crippen LogP contribution is -2.73. The zero-order valence-electron chi connectivity index (χ0n) is 33.5. The van der Waals surface area contributed by atoms with Gasteiger partial charge in [0.05, 0.1) is 34.4 Å². The zero-order valence-corrected chi connectivity index (χ0v) is 33.5. The van der Waals surface area contributed by atoms with Crippen LogP contribution in [-0.4, -0.2) is 130 Å². The number of halogens is 2. The number of imidazole rings is 1. The van der Waals surface area contributed by atoms with E-state index < -0.39 is 23.7 Å². The fourth-order valence-electron chi connectivity index (χ4n) is 9.62. The predicted molar refractivity (Wildman–Crippen MR) is 220 cm³/mol. The van der Waals surface area contributed by atoms with Gasteiger partial charge in [-0.25, -0.2) is 23.4 Å². The monoisotopic (exact) mass is 817 g/mol. The molecular weight excluding hydrogens is 773 g/mol. The number of aryl methyl sites for hydroxylation is 2. The molecule has 18 heteroatoms. The summed E-state index contributed by atoms with van der Waals surface area (Å²) in [6, 6.07) is 10.0. The van der Waals surface area contributed by atoms with Gasteiger partial charge in [-0.05, 0) is 75.8 Å². The van der Waals surface area contributed by atoms with E-state index in [0.717, 1.165) is 55.0 Å². The molecule has 5 fully saturated rings. The highest BCUT2D eigenvalue weighted by molar-refractivity contribution is 5.95. The third-order valence-corrected chi connectivity index (χ3v) is 12.8. The van der Waals surface area contributed by atoms with E-state index in [0.29, 0.717) is 79.8 Å². The van der Waals surface area contributed by atoms with Gasteiger partial charge in [0.15, 0.2) is 11.5 Å². The minimum Gasteiger partial charge on any atom is -0.400 e. The van der Waals surface area contributed by atoms with Gasteiger partial charge in [-0.1, -0.05) is 6.07 Å². The SMILES string of the molecule is CO.Cc1nc2ccnc3c2n1CCCN(C)C(=O)C1CC(CN1c1nc(N2C4CC2C(=O)N(C2CCC2)C4)nc2c1cnn2-c1ccc(F)cc1F)Nc1cccc-3n1. The number of amides is 2. The van der Waals surface area contributed by atoms with Crippen LogP contribution in [-0.2, 0) is 16.1 Å². The quantitative estimate of drug-likeness (QED) is 0.262. The van der Waals surface area contributed by atoms with E-state index in [-0.39, 0.29) is 35.6 Å². The number of aliphatic hydroxyl groups excluding tert-OH is 1. The van der Waals surface area contributed by atoms with E-state index in [9.17, 15) is 14.0 Å². The summed E-state index contributed by atoms with van der Waals surface area (Å²) in [6.45, 7) is 4.05. The zero-order chi connectivity index (χ0) is 41.4. The molecule has 60 heavy (non-hydrogen) atoms. The highest BCUT2D eigenvalue weighted by Crippen LogP contribution is 2.42. The van der Waals surface area contributed by atoms with Crippen molar-refractivity contribution in [1.82, 2.24) is 49.1 Å². The van der Waals surface area contributed by atoms with Crippen molar-refractivity contribution in [2.45, 2.75) is 82.2 Å². The molecule has 6 aliphatic rings. The number of benzene rings is 1. The molecule has 12 rings (SSSR count). The van der Waals surface area contributed by atoms with Gasteiger partial charge in [0.25, 0.3) is 0 Å². The van der Waals surface area contributed by atoms with Gasteiger partial charge in [0, 0.05) is 64.7 Å². The van der Waals surface area contributed by atoms with Gasteiger partial charge in [-0.3, -0.25) is 14.6 Å². The second kappa shape index (κ2) is 14.8. The second-order valence-corrected chi connectivity index (χ2v) is 16.2. The molecule has 4 saturated heterocycles. The van der Waals surface area contributed by atoms with E-state index in [1.165, 1.54) is 16.8 Å². The molecule has 5 aliphatic heterocycles. The van der Waals surface area contributed by atoms with Crippen LogP contribution in [0.15, 0.2) is 54.9 Å². The Morgan fingerprint density at radius 2 is 1.72 bits per heavy atom. The van der Waals surface area contributed by atoms with Gasteiger partial charge in [-0.2, -0.15) is 15.1 Å². The summed E-state index contributed by atoms with van der Waals surface area (Å²) in [6.07, 6.45) is 8.30. The topological polar surface area (TPSA) is 167 Å². The van der Waals surface area contributed by atoms with Gasteiger partial charge in [0.2, 0.25) is 17.8 Å². The molecule has 6 bridgehead atoms. The van der Waals surface area contributed by atoms with Crippen molar-refractivity contribution in [3.05, 3.63) is 72.3 Å². The summed E-state index contributed by atoms with van der Waals surface area (Å²) in [5.41, 5.74) is 3.51. The second-order valence-electron chi connectivity index (χ2n) is 16.2. The van der Waals surface area contributed by atoms with Crippen LogP contribution in [0.2, 0.25) is 0 Å². The van der Waals surface area contributed by atoms with E-state index in [1.54, 1.807) is 17.3 Å². The minimum atomic E-state index is -0.800. The van der Waals surface area contributed by atoms with Crippen molar-refractivity contribution in [1.29, 1.82) is 0 Å². The molecule has 1 aliphatic carbocycles. The van der Waals surface area contributed by atoms with Crippen LogP contribution in [0, 0.1) is 18.6 Å². The Bertz CT molecular complexity index is 2660. The average Bonchev–Trinajstić information content (AvgIpc) is 3.92. The lowest BCUT2D eigenvalue weighted by atomic mass is 9.82. The number of rotatable bonds is 4. The average molecular weight is 818 g/mol. The number of piperidine rings is 1. The minimum absolute atomic E-state index is 0.0148. The van der Waals surface area contributed by atoms with E-state index in [4.69, 9.17) is 30.0 Å². The van der Waals surface area contributed by atoms with Crippen molar-refractivity contribution < 1.29 is 23.5 Å². The van der Waals surface area contributed by atoms with Gasteiger partial charge in [0.1, 0.15) is 46.7 Å². The van der Waals surface area contributed by atoms with Crippen LogP contribution in [0.5, 0.6) is 0 Å². The van der Waals surface area contributed by atoms with E-state index in [2.05, 4.69) is 15.0 Å². The standard InChI is InChI=1S/C41H41F2N13O2.CH4O/c1-22-46-30-12-13-44-35-29-8-4-9-34(48-29)47-24-17-32(39(57)51(2)14-5-15-52(22)36(30)35)54(20-24)37-27-19-45-56(31-11-10-23(42)16-28(31)43)38(27)50-41(49-37)55-26-18-33(55)40(58)53(21-26)25-6-3-7-25;1-2/h4,8-13,16,19,24-26,32-33H,3,5-7,14-15,17-18,20-21H2,1-2H3,(H,47,48);2H,1H3. The third kappa shape index (κ3) is 6.09. The maximum absolute atomic E-state index is 15.4. The van der Waals surface area contributed by atoms with E-state index in [1.807, 2.05) is 52.9 Å². The summed E-state index contributed by atoms with van der Waals surface area (Å²) < 4.78 is 33.0. The Morgan fingerprint density at radius 3 is 2.50 bits per heavy atom. The largest absolute Gasteiger partial charge is 0.400 e. The van der Waals surface area contributed by atoms with Crippen LogP contribution < -0.4 is 15.1 Å². The van der Waals surface area contributed by atoms with Crippen molar-refractivity contribution >= 4 is 51.5 Å². The molecule has 6 aromatic rings. The predicted octanol–water partition coefficient (Wildman–Crippen LogP) is 4.08. The maximum Gasteiger partial charge on any atom is 0.245 e. The van der Waals surface area contributed by atoms with Crippen molar-refractivity contribution in [3.8, 4) is 17.1 Å². The number of hydrogen-bond donors (Lipinski definition) is 2. The lowest BCUT2D eigenvalue weighted by molar-refractivity contribution is -0.145. The molecule has 5 aromatic heterocycles. The molecule has 0 radical (unpaired) electrons. The number of fused-ring (bicyclic) bond motifs is 8. The Morgan fingerprint density at radius 1 is 0.867 bits per heavy atom. The molecule has 0 spiro atoms. The van der Waals surface area contributed by atoms with Crippen LogP contribution >= 0.6 is 0 Å². The molecule has 2 N–H and O–H groups in total. The first-order valence-electron chi connectivity index (χ1n) is 20.5. The lowest BCUT2D eigenvalue weighted by Gasteiger charge is -2.57. The number of likely N-dealkylation sites (N-methyl/N-ethyl adjacent to an activating group) is 1. The summed E-state index contributed by atoms with van der Waals surface area (Å²) in [4.78, 5) is 61.0. The number of carbonyl (C=O) groups excluding carboxylic acids is 2. The van der Waals surface area contributed by atoms with Crippen molar-refractivity contribution in [3.63, 3.8) is 0 Å². The summed E-state index contributed by atoms with van der Waals surface area (Å²) in [5, 5.41) is 15.7. The summed E-state index contributed by atoms with van der Waals surface area (Å²) in [5.74, 6) is 0.748.